The van der Waals surface area contributed by atoms with Crippen LogP contribution in [-0.4, -0.2) is 55.7 Å². The number of hydrogen-bond acceptors (Lipinski definition) is 6. The Kier molecular flexibility index (Phi) is 5.17. The molecular formula is C16H22FN3O4. The molecule has 2 aliphatic rings. The summed E-state index contributed by atoms with van der Waals surface area (Å²) < 4.78 is 24.5. The van der Waals surface area contributed by atoms with Gasteiger partial charge in [-0.05, 0) is 25.0 Å². The molecule has 1 aliphatic heterocycles. The molecule has 1 aromatic carbocycles. The van der Waals surface area contributed by atoms with E-state index in [0.717, 1.165) is 12.8 Å². The van der Waals surface area contributed by atoms with Gasteiger partial charge in [0.1, 0.15) is 18.8 Å². The number of nitrogens with zero attached hydrogens (tertiary/aromatic N) is 1. The maximum Gasteiger partial charge on any atom is 0.414 e. The van der Waals surface area contributed by atoms with Crippen LogP contribution in [0.15, 0.2) is 18.2 Å². The van der Waals surface area contributed by atoms with E-state index < -0.39 is 18.0 Å². The summed E-state index contributed by atoms with van der Waals surface area (Å²) in [6.07, 6.45) is 0.635. The van der Waals surface area contributed by atoms with Crippen molar-refractivity contribution in [2.45, 2.75) is 31.1 Å². The van der Waals surface area contributed by atoms with Gasteiger partial charge in [-0.25, -0.2) is 9.18 Å². The Bertz CT molecular complexity index is 597. The zero-order valence-electron chi connectivity index (χ0n) is 13.3. The van der Waals surface area contributed by atoms with Crippen molar-refractivity contribution in [1.29, 1.82) is 0 Å². The molecule has 0 bridgehead atoms. The van der Waals surface area contributed by atoms with Crippen LogP contribution in [0.4, 0.5) is 14.9 Å². The van der Waals surface area contributed by atoms with E-state index in [1.807, 2.05) is 0 Å². The number of nitrogens with one attached hydrogen (secondary N) is 1. The zero-order chi connectivity index (χ0) is 17.1. The van der Waals surface area contributed by atoms with Gasteiger partial charge in [0.15, 0.2) is 11.6 Å². The first-order chi connectivity index (χ1) is 11.6. The van der Waals surface area contributed by atoms with Crippen molar-refractivity contribution in [3.63, 3.8) is 0 Å². The number of amides is 1. The monoisotopic (exact) mass is 339 g/mol. The van der Waals surface area contributed by atoms with E-state index in [1.165, 1.54) is 17.0 Å². The van der Waals surface area contributed by atoms with Gasteiger partial charge in [0, 0.05) is 25.2 Å². The van der Waals surface area contributed by atoms with Crippen molar-refractivity contribution >= 4 is 11.8 Å². The van der Waals surface area contributed by atoms with Gasteiger partial charge >= 0.3 is 6.09 Å². The molecule has 2 fully saturated rings. The number of rotatable bonds is 8. The van der Waals surface area contributed by atoms with Crippen LogP contribution in [-0.2, 0) is 4.74 Å². The smallest absolute Gasteiger partial charge is 0.414 e. The Hall–Kier alpha value is -1.90. The van der Waals surface area contributed by atoms with Crippen LogP contribution in [0.25, 0.3) is 0 Å². The highest BCUT2D eigenvalue weighted by Crippen LogP contribution is 2.27. The van der Waals surface area contributed by atoms with Crippen LogP contribution < -0.4 is 20.7 Å². The number of anilines is 1. The van der Waals surface area contributed by atoms with E-state index in [0.29, 0.717) is 24.8 Å². The predicted molar refractivity (Wildman–Crippen MR) is 85.6 cm³/mol. The maximum atomic E-state index is 14.2. The van der Waals surface area contributed by atoms with Gasteiger partial charge in [-0.3, -0.25) is 4.90 Å². The van der Waals surface area contributed by atoms with Crippen LogP contribution in [0, 0.1) is 5.82 Å². The van der Waals surface area contributed by atoms with Crippen LogP contribution in [0.5, 0.6) is 5.75 Å². The minimum atomic E-state index is -0.705. The highest BCUT2D eigenvalue weighted by atomic mass is 19.1. The number of carbonyl (C=O) groups is 1. The Balaban J connectivity index is 1.55. The van der Waals surface area contributed by atoms with Crippen molar-refractivity contribution in [3.8, 4) is 5.75 Å². The molecule has 1 heterocycles. The zero-order valence-corrected chi connectivity index (χ0v) is 13.3. The summed E-state index contributed by atoms with van der Waals surface area (Å²) in [6, 6.07) is 4.72. The molecule has 0 spiro atoms. The molecule has 1 aromatic rings. The van der Waals surface area contributed by atoms with Crippen molar-refractivity contribution in [2.75, 3.05) is 31.1 Å². The third kappa shape index (κ3) is 4.14. The Morgan fingerprint density at radius 3 is 2.92 bits per heavy atom. The van der Waals surface area contributed by atoms with E-state index in [2.05, 4.69) is 5.32 Å². The second-order valence-electron chi connectivity index (χ2n) is 6.11. The summed E-state index contributed by atoms with van der Waals surface area (Å²) in [5.74, 6) is -0.564. The standard InChI is InChI=1S/C16H22FN3O4/c17-14-5-11(20-8-13(6-18)24-16(20)22)3-4-15(14)23-9-12(21)7-19-10-1-2-10/h3-5,10,12-13,19,21H,1-2,6-9,18H2/t12?,13-/m0/s1. The molecule has 7 nitrogen and oxygen atoms in total. The van der Waals surface area contributed by atoms with Gasteiger partial charge in [-0.2, -0.15) is 0 Å². The SMILES string of the molecule is NC[C@H]1CN(c2ccc(OCC(O)CNC3CC3)c(F)c2)C(=O)O1. The fourth-order valence-electron chi connectivity index (χ4n) is 2.46. The molecule has 1 aliphatic carbocycles. The lowest BCUT2D eigenvalue weighted by atomic mass is 10.2. The fraction of sp³-hybridized carbons (Fsp3) is 0.562. The van der Waals surface area contributed by atoms with Crippen LogP contribution in [0.1, 0.15) is 12.8 Å². The molecular weight excluding hydrogens is 317 g/mol. The molecule has 1 saturated carbocycles. The number of hydrogen-bond donors (Lipinski definition) is 3. The highest BCUT2D eigenvalue weighted by molar-refractivity contribution is 5.89. The summed E-state index contributed by atoms with van der Waals surface area (Å²) in [6.45, 7) is 0.931. The summed E-state index contributed by atoms with van der Waals surface area (Å²) in [7, 11) is 0. The average Bonchev–Trinajstić information content (AvgIpc) is 3.32. The molecule has 0 aromatic heterocycles. The number of nitrogens with two attached hydrogens (primary N) is 1. The maximum absolute atomic E-state index is 14.2. The summed E-state index contributed by atoms with van der Waals surface area (Å²) in [4.78, 5) is 13.1. The van der Waals surface area contributed by atoms with Crippen molar-refractivity contribution in [1.82, 2.24) is 5.32 Å². The first-order valence-electron chi connectivity index (χ1n) is 8.09. The quantitative estimate of drug-likeness (QED) is 0.642. The first kappa shape index (κ1) is 16.9. The molecule has 1 saturated heterocycles. The Morgan fingerprint density at radius 2 is 2.29 bits per heavy atom. The van der Waals surface area contributed by atoms with Gasteiger partial charge in [-0.1, -0.05) is 0 Å². The van der Waals surface area contributed by atoms with E-state index in [1.54, 1.807) is 6.07 Å². The number of aliphatic hydroxyl groups excluding tert-OH is 1. The summed E-state index contributed by atoms with van der Waals surface area (Å²) in [5.41, 5.74) is 5.86. The van der Waals surface area contributed by atoms with Gasteiger partial charge in [0.2, 0.25) is 0 Å². The number of halogens is 1. The Morgan fingerprint density at radius 1 is 1.50 bits per heavy atom. The minimum absolute atomic E-state index is 0.00299. The first-order valence-corrected chi connectivity index (χ1v) is 8.09. The van der Waals surface area contributed by atoms with E-state index in [-0.39, 0.29) is 25.0 Å². The topological polar surface area (TPSA) is 97.0 Å². The minimum Gasteiger partial charge on any atom is -0.488 e. The second kappa shape index (κ2) is 7.33. The number of cyclic esters (lactones) is 1. The molecule has 8 heteroatoms. The van der Waals surface area contributed by atoms with E-state index in [4.69, 9.17) is 15.2 Å². The molecule has 1 amide bonds. The lowest BCUT2D eigenvalue weighted by Gasteiger charge is -2.16. The number of carbonyl (C=O) groups excluding carboxylic acids is 1. The third-order valence-corrected chi connectivity index (χ3v) is 4.01. The number of ether oxygens (including phenoxy) is 2. The molecule has 3 rings (SSSR count). The lowest BCUT2D eigenvalue weighted by molar-refractivity contribution is 0.104. The van der Waals surface area contributed by atoms with Crippen LogP contribution in [0.3, 0.4) is 0 Å². The Labute approximate surface area is 139 Å². The second-order valence-corrected chi connectivity index (χ2v) is 6.11. The van der Waals surface area contributed by atoms with Crippen LogP contribution in [0.2, 0.25) is 0 Å². The van der Waals surface area contributed by atoms with Crippen molar-refractivity contribution in [2.24, 2.45) is 5.73 Å². The van der Waals surface area contributed by atoms with Gasteiger partial charge in [0.25, 0.3) is 0 Å². The molecule has 2 atom stereocenters. The van der Waals surface area contributed by atoms with E-state index in [9.17, 15) is 14.3 Å². The summed E-state index contributed by atoms with van der Waals surface area (Å²) >= 11 is 0. The summed E-state index contributed by atoms with van der Waals surface area (Å²) in [5, 5.41) is 13.0. The largest absolute Gasteiger partial charge is 0.488 e. The average molecular weight is 339 g/mol. The van der Waals surface area contributed by atoms with Crippen molar-refractivity contribution in [3.05, 3.63) is 24.0 Å². The van der Waals surface area contributed by atoms with Gasteiger partial charge in [-0.15, -0.1) is 0 Å². The number of aliphatic hydroxyl groups is 1. The normalized spacial score (nSPS) is 21.7. The third-order valence-electron chi connectivity index (χ3n) is 4.01. The number of benzene rings is 1. The van der Waals surface area contributed by atoms with Crippen molar-refractivity contribution < 1.29 is 23.8 Å². The fourth-order valence-corrected chi connectivity index (χ4v) is 2.46. The molecule has 132 valence electrons. The highest BCUT2D eigenvalue weighted by Gasteiger charge is 2.31. The van der Waals surface area contributed by atoms with E-state index >= 15 is 0 Å². The molecule has 4 N–H and O–H groups in total. The lowest BCUT2D eigenvalue weighted by Crippen LogP contribution is -2.32. The van der Waals surface area contributed by atoms with Gasteiger partial charge < -0.3 is 25.6 Å². The molecule has 1 unspecified atom stereocenters. The predicted octanol–water partition coefficient (Wildman–Crippen LogP) is 0.601. The molecule has 24 heavy (non-hydrogen) atoms. The van der Waals surface area contributed by atoms with Gasteiger partial charge in [0.05, 0.1) is 12.2 Å². The molecule has 0 radical (unpaired) electrons. The van der Waals surface area contributed by atoms with Crippen LogP contribution >= 0.6 is 0 Å².